The van der Waals surface area contributed by atoms with Crippen molar-refractivity contribution in [2.75, 3.05) is 25.4 Å². The molecule has 3 nitrogen and oxygen atoms in total. The van der Waals surface area contributed by atoms with Gasteiger partial charge in [-0.15, -0.1) is 0 Å². The number of halogens is 4. The number of hydrogen-bond acceptors (Lipinski definition) is 3. The first-order chi connectivity index (χ1) is 14.4. The molecule has 1 aliphatic heterocycles. The fourth-order valence-corrected chi connectivity index (χ4v) is 5.26. The van der Waals surface area contributed by atoms with E-state index in [1.807, 2.05) is 30.3 Å². The van der Waals surface area contributed by atoms with Gasteiger partial charge in [0.2, 0.25) is 5.91 Å². The Bertz CT molecular complexity index is 880. The van der Waals surface area contributed by atoms with Crippen LogP contribution in [0.15, 0.2) is 36.4 Å². The van der Waals surface area contributed by atoms with E-state index in [2.05, 4.69) is 10.2 Å². The van der Waals surface area contributed by atoms with Gasteiger partial charge in [-0.1, -0.05) is 58.5 Å². The summed E-state index contributed by atoms with van der Waals surface area (Å²) in [6.45, 7) is 3.18. The summed E-state index contributed by atoms with van der Waals surface area (Å²) in [4.78, 5) is 14.9. The first-order valence-corrected chi connectivity index (χ1v) is 12.5. The molecule has 3 rings (SSSR count). The van der Waals surface area contributed by atoms with E-state index in [-0.39, 0.29) is 11.8 Å². The van der Waals surface area contributed by atoms with Crippen LogP contribution >= 0.6 is 58.2 Å². The molecular formula is C22H24Cl4N2OS. The van der Waals surface area contributed by atoms with Gasteiger partial charge in [0.15, 0.2) is 0 Å². The van der Waals surface area contributed by atoms with Crippen molar-refractivity contribution >= 4 is 64.1 Å². The number of carbonyl (C=O) groups is 1. The Morgan fingerprint density at radius 2 is 1.90 bits per heavy atom. The number of hydrogen-bond donors (Lipinski definition) is 1. The van der Waals surface area contributed by atoms with E-state index in [0.29, 0.717) is 26.6 Å². The predicted molar refractivity (Wildman–Crippen MR) is 130 cm³/mol. The number of carbonyl (C=O) groups excluding carboxylic acids is 1. The van der Waals surface area contributed by atoms with Crippen molar-refractivity contribution < 1.29 is 4.79 Å². The van der Waals surface area contributed by atoms with Gasteiger partial charge < -0.3 is 5.32 Å². The maximum atomic E-state index is 12.6. The fraction of sp³-hybridized carbons (Fsp3) is 0.409. The number of rotatable bonds is 8. The molecule has 1 heterocycles. The molecule has 0 saturated carbocycles. The van der Waals surface area contributed by atoms with Gasteiger partial charge in [-0.3, -0.25) is 9.69 Å². The Labute approximate surface area is 202 Å². The molecule has 1 atom stereocenters. The molecule has 1 fully saturated rings. The molecule has 8 heteroatoms. The zero-order chi connectivity index (χ0) is 21.5. The molecule has 2 aromatic carbocycles. The normalized spacial score (nSPS) is 17.1. The van der Waals surface area contributed by atoms with Crippen LogP contribution in [0, 0.1) is 5.92 Å². The zero-order valence-corrected chi connectivity index (χ0v) is 20.3. The topological polar surface area (TPSA) is 32.3 Å². The lowest BCUT2D eigenvalue weighted by Gasteiger charge is -2.32. The molecule has 0 aliphatic carbocycles. The lowest BCUT2D eigenvalue weighted by molar-refractivity contribution is -0.126. The van der Waals surface area contributed by atoms with Crippen molar-refractivity contribution in [3.05, 3.63) is 67.6 Å². The minimum absolute atomic E-state index is 0.0252. The SMILES string of the molecule is O=C(NCCSCc1ccc(Cl)cc1Cl)C1CCCN(Cc2ccc(Cl)c(Cl)c2)C1. The van der Waals surface area contributed by atoms with E-state index in [9.17, 15) is 4.79 Å². The summed E-state index contributed by atoms with van der Waals surface area (Å²) >= 11 is 26.0. The second-order valence-electron chi connectivity index (χ2n) is 7.40. The summed E-state index contributed by atoms with van der Waals surface area (Å²) in [5.41, 5.74) is 2.17. The Kier molecular flexibility index (Phi) is 9.49. The zero-order valence-electron chi connectivity index (χ0n) is 16.5. The first kappa shape index (κ1) is 24.0. The molecule has 2 aromatic rings. The highest BCUT2D eigenvalue weighted by Crippen LogP contribution is 2.26. The smallest absolute Gasteiger partial charge is 0.224 e. The molecule has 1 unspecified atom stereocenters. The first-order valence-electron chi connectivity index (χ1n) is 9.88. The van der Waals surface area contributed by atoms with Crippen LogP contribution in [-0.2, 0) is 17.1 Å². The van der Waals surface area contributed by atoms with Crippen LogP contribution in [-0.4, -0.2) is 36.2 Å². The van der Waals surface area contributed by atoms with Gasteiger partial charge in [0, 0.05) is 41.2 Å². The van der Waals surface area contributed by atoms with E-state index in [4.69, 9.17) is 46.4 Å². The van der Waals surface area contributed by atoms with Gasteiger partial charge in [-0.25, -0.2) is 0 Å². The van der Waals surface area contributed by atoms with Gasteiger partial charge in [-0.2, -0.15) is 11.8 Å². The van der Waals surface area contributed by atoms with E-state index in [1.165, 1.54) is 0 Å². The molecular weight excluding hydrogens is 482 g/mol. The Morgan fingerprint density at radius 1 is 1.07 bits per heavy atom. The highest BCUT2D eigenvalue weighted by molar-refractivity contribution is 7.98. The number of nitrogens with zero attached hydrogens (tertiary/aromatic N) is 1. The lowest BCUT2D eigenvalue weighted by Crippen LogP contribution is -2.43. The van der Waals surface area contributed by atoms with Crippen molar-refractivity contribution in [1.29, 1.82) is 0 Å². The minimum atomic E-state index is 0.0252. The van der Waals surface area contributed by atoms with Gasteiger partial charge in [0.05, 0.1) is 16.0 Å². The number of benzene rings is 2. The Morgan fingerprint density at radius 3 is 2.67 bits per heavy atom. The van der Waals surface area contributed by atoms with Crippen molar-refractivity contribution in [2.45, 2.75) is 25.1 Å². The summed E-state index contributed by atoms with van der Waals surface area (Å²) in [6, 6.07) is 11.3. The van der Waals surface area contributed by atoms with Crippen molar-refractivity contribution in [2.24, 2.45) is 5.92 Å². The third kappa shape index (κ3) is 7.22. The van der Waals surface area contributed by atoms with Gasteiger partial charge in [0.1, 0.15) is 0 Å². The van der Waals surface area contributed by atoms with Crippen molar-refractivity contribution in [3.8, 4) is 0 Å². The number of piperidine rings is 1. The molecule has 1 amide bonds. The number of nitrogens with one attached hydrogen (secondary N) is 1. The third-order valence-corrected chi connectivity index (χ3v) is 7.42. The maximum absolute atomic E-state index is 12.6. The average Bonchev–Trinajstić information content (AvgIpc) is 2.72. The molecule has 30 heavy (non-hydrogen) atoms. The van der Waals surface area contributed by atoms with Crippen LogP contribution in [0.4, 0.5) is 0 Å². The van der Waals surface area contributed by atoms with Crippen LogP contribution in [0.5, 0.6) is 0 Å². The molecule has 0 radical (unpaired) electrons. The van der Waals surface area contributed by atoms with Crippen LogP contribution in [0.1, 0.15) is 24.0 Å². The number of likely N-dealkylation sites (tertiary alicyclic amines) is 1. The largest absolute Gasteiger partial charge is 0.355 e. The molecule has 0 bridgehead atoms. The molecule has 1 aliphatic rings. The van der Waals surface area contributed by atoms with Gasteiger partial charge in [-0.05, 0) is 54.8 Å². The standard InChI is InChI=1S/C22H24Cl4N2OS/c23-18-5-4-17(20(25)11-18)14-30-9-7-27-22(29)16-2-1-8-28(13-16)12-15-3-6-19(24)21(26)10-15/h3-6,10-11,16H,1-2,7-9,12-14H2,(H,27,29). The quantitative estimate of drug-likeness (QED) is 0.412. The number of thioether (sulfide) groups is 1. The summed E-state index contributed by atoms with van der Waals surface area (Å²) in [6.07, 6.45) is 1.94. The summed E-state index contributed by atoms with van der Waals surface area (Å²) < 4.78 is 0. The second kappa shape index (κ2) is 11.8. The molecule has 0 spiro atoms. The fourth-order valence-electron chi connectivity index (χ4n) is 3.52. The molecule has 1 N–H and O–H groups in total. The lowest BCUT2D eigenvalue weighted by atomic mass is 9.96. The van der Waals surface area contributed by atoms with E-state index < -0.39 is 0 Å². The minimum Gasteiger partial charge on any atom is -0.355 e. The number of amides is 1. The maximum Gasteiger partial charge on any atom is 0.224 e. The average molecular weight is 506 g/mol. The molecule has 162 valence electrons. The van der Waals surface area contributed by atoms with Gasteiger partial charge >= 0.3 is 0 Å². The predicted octanol–water partition coefficient (Wildman–Crippen LogP) is 6.56. The Balaban J connectivity index is 1.39. The molecule has 1 saturated heterocycles. The van der Waals surface area contributed by atoms with Crippen molar-refractivity contribution in [3.63, 3.8) is 0 Å². The Hall–Kier alpha value is -0.620. The summed E-state index contributed by atoms with van der Waals surface area (Å²) in [5.74, 6) is 1.80. The highest BCUT2D eigenvalue weighted by atomic mass is 35.5. The van der Waals surface area contributed by atoms with E-state index in [0.717, 1.165) is 55.1 Å². The van der Waals surface area contributed by atoms with Crippen LogP contribution in [0.25, 0.3) is 0 Å². The van der Waals surface area contributed by atoms with E-state index >= 15 is 0 Å². The highest BCUT2D eigenvalue weighted by Gasteiger charge is 2.25. The monoisotopic (exact) mass is 504 g/mol. The molecule has 0 aromatic heterocycles. The summed E-state index contributed by atoms with van der Waals surface area (Å²) in [7, 11) is 0. The van der Waals surface area contributed by atoms with Crippen LogP contribution in [0.2, 0.25) is 20.1 Å². The van der Waals surface area contributed by atoms with Crippen LogP contribution < -0.4 is 5.32 Å². The van der Waals surface area contributed by atoms with Crippen LogP contribution in [0.3, 0.4) is 0 Å². The third-order valence-electron chi connectivity index (χ3n) is 5.08. The van der Waals surface area contributed by atoms with E-state index in [1.54, 1.807) is 17.8 Å². The van der Waals surface area contributed by atoms with Crippen molar-refractivity contribution in [1.82, 2.24) is 10.2 Å². The second-order valence-corrected chi connectivity index (χ2v) is 10.2. The van der Waals surface area contributed by atoms with Gasteiger partial charge in [0.25, 0.3) is 0 Å². The summed E-state index contributed by atoms with van der Waals surface area (Å²) in [5, 5.41) is 5.54.